The number of carbonyl (C=O) groups is 2. The number of halogens is 2. The minimum Gasteiger partial charge on any atom is -0.465 e. The third-order valence-corrected chi connectivity index (χ3v) is 7.06. The Morgan fingerprint density at radius 2 is 2.17 bits per heavy atom. The van der Waals surface area contributed by atoms with Gasteiger partial charge in [0.25, 0.3) is 0 Å². The number of nitrogens with one attached hydrogen (secondary N) is 1. The van der Waals surface area contributed by atoms with Crippen LogP contribution in [0, 0.1) is 17.7 Å². The Morgan fingerprint density at radius 3 is 2.86 bits per heavy atom. The highest BCUT2D eigenvalue weighted by Crippen LogP contribution is 2.34. The molecule has 0 radical (unpaired) electrons. The number of nitrogens with zero attached hydrogens (tertiary/aromatic N) is 2. The van der Waals surface area contributed by atoms with Crippen LogP contribution in [0.4, 0.5) is 14.0 Å². The summed E-state index contributed by atoms with van der Waals surface area (Å²) in [4.78, 5) is 26.9. The standard InChI is InChI=1S/C25H38ClFN4O5/c1-30(25(33)34)7-9-36-23(19-11-20(26)13-21(27)12-19)18-5-2-6-31(15-18)24(32)29-14-22(28)10-17-4-3-8-35-16-17/h11-13,17-18,22-23H,2-10,14-16,28H2,1H3,(H,29,32)(H,33,34)/t17-,18-,22+,23-/m1/s1. The average molecular weight is 529 g/mol. The number of hydrogen-bond acceptors (Lipinski definition) is 5. The van der Waals surface area contributed by atoms with E-state index in [4.69, 9.17) is 31.9 Å². The Hall–Kier alpha value is -2.14. The fourth-order valence-corrected chi connectivity index (χ4v) is 5.16. The van der Waals surface area contributed by atoms with Crippen molar-refractivity contribution in [2.75, 3.05) is 53.0 Å². The van der Waals surface area contributed by atoms with Gasteiger partial charge in [0.1, 0.15) is 5.82 Å². The number of ether oxygens (including phenoxy) is 2. The monoisotopic (exact) mass is 528 g/mol. The molecule has 0 bridgehead atoms. The Labute approximate surface area is 217 Å². The quantitative estimate of drug-likeness (QED) is 0.426. The van der Waals surface area contributed by atoms with Gasteiger partial charge in [-0.15, -0.1) is 0 Å². The van der Waals surface area contributed by atoms with Crippen LogP contribution in [0.25, 0.3) is 0 Å². The van der Waals surface area contributed by atoms with Crippen LogP contribution >= 0.6 is 11.6 Å². The van der Waals surface area contributed by atoms with Crippen molar-refractivity contribution in [2.45, 2.75) is 44.2 Å². The lowest BCUT2D eigenvalue weighted by atomic mass is 9.88. The predicted octanol–water partition coefficient (Wildman–Crippen LogP) is 3.71. The second kappa shape index (κ2) is 14.0. The summed E-state index contributed by atoms with van der Waals surface area (Å²) in [5.74, 6) is -0.150. The molecule has 2 heterocycles. The molecule has 2 aliphatic rings. The number of benzene rings is 1. The van der Waals surface area contributed by atoms with Gasteiger partial charge in [-0.3, -0.25) is 0 Å². The molecule has 2 aliphatic heterocycles. The molecule has 3 amide bonds. The van der Waals surface area contributed by atoms with Crippen LogP contribution in [0.5, 0.6) is 0 Å². The van der Waals surface area contributed by atoms with Crippen LogP contribution in [0.15, 0.2) is 18.2 Å². The van der Waals surface area contributed by atoms with E-state index in [1.807, 2.05) is 0 Å². The van der Waals surface area contributed by atoms with Gasteiger partial charge >= 0.3 is 12.1 Å². The molecular formula is C25H38ClFN4O5. The Kier molecular flexibility index (Phi) is 11.0. The van der Waals surface area contributed by atoms with Gasteiger partial charge in [-0.25, -0.2) is 14.0 Å². The zero-order valence-electron chi connectivity index (χ0n) is 20.8. The smallest absolute Gasteiger partial charge is 0.407 e. The van der Waals surface area contributed by atoms with Crippen molar-refractivity contribution in [1.82, 2.24) is 15.1 Å². The minimum atomic E-state index is -1.06. The number of rotatable bonds is 10. The van der Waals surface area contributed by atoms with E-state index in [0.717, 1.165) is 50.2 Å². The summed E-state index contributed by atoms with van der Waals surface area (Å²) in [6.45, 7) is 3.24. The lowest BCUT2D eigenvalue weighted by Crippen LogP contribution is -2.49. The van der Waals surface area contributed by atoms with Gasteiger partial charge in [0.05, 0.1) is 12.7 Å². The third kappa shape index (κ3) is 8.76. The predicted molar refractivity (Wildman–Crippen MR) is 135 cm³/mol. The van der Waals surface area contributed by atoms with Crippen molar-refractivity contribution < 1.29 is 28.6 Å². The van der Waals surface area contributed by atoms with Gasteiger partial charge in [-0.1, -0.05) is 11.6 Å². The number of nitrogens with two attached hydrogens (primary N) is 1. The summed E-state index contributed by atoms with van der Waals surface area (Å²) in [6, 6.07) is 3.94. The van der Waals surface area contributed by atoms with E-state index in [0.29, 0.717) is 31.1 Å². The molecule has 36 heavy (non-hydrogen) atoms. The zero-order chi connectivity index (χ0) is 26.1. The first-order valence-electron chi connectivity index (χ1n) is 12.6. The van der Waals surface area contributed by atoms with Crippen molar-refractivity contribution in [1.29, 1.82) is 0 Å². The number of amides is 3. The van der Waals surface area contributed by atoms with Gasteiger partial charge < -0.3 is 35.4 Å². The molecule has 2 fully saturated rings. The maximum atomic E-state index is 14.1. The van der Waals surface area contributed by atoms with Crippen molar-refractivity contribution in [3.63, 3.8) is 0 Å². The summed E-state index contributed by atoms with van der Waals surface area (Å²) in [7, 11) is 1.46. The number of likely N-dealkylation sites (tertiary alicyclic amines) is 1. The van der Waals surface area contributed by atoms with Gasteiger partial charge in [-0.05, 0) is 61.8 Å². The lowest BCUT2D eigenvalue weighted by molar-refractivity contribution is -0.0155. The Balaban J connectivity index is 1.59. The first-order chi connectivity index (χ1) is 17.2. The highest BCUT2D eigenvalue weighted by atomic mass is 35.5. The number of carboxylic acid groups (broad SMARTS) is 1. The maximum absolute atomic E-state index is 14.1. The summed E-state index contributed by atoms with van der Waals surface area (Å²) in [6.07, 6.45) is 2.90. The molecule has 2 saturated heterocycles. The summed E-state index contributed by atoms with van der Waals surface area (Å²) in [5, 5.41) is 12.3. The maximum Gasteiger partial charge on any atom is 0.407 e. The van der Waals surface area contributed by atoms with E-state index in [2.05, 4.69) is 5.32 Å². The lowest BCUT2D eigenvalue weighted by Gasteiger charge is -2.37. The Morgan fingerprint density at radius 1 is 1.36 bits per heavy atom. The molecular weight excluding hydrogens is 491 g/mol. The molecule has 11 heteroatoms. The Bertz CT molecular complexity index is 853. The van der Waals surface area contributed by atoms with E-state index in [9.17, 15) is 14.0 Å². The second-order valence-electron chi connectivity index (χ2n) is 9.81. The van der Waals surface area contributed by atoms with E-state index in [1.54, 1.807) is 11.0 Å². The molecule has 0 aliphatic carbocycles. The molecule has 0 spiro atoms. The fourth-order valence-electron chi connectivity index (χ4n) is 4.93. The van der Waals surface area contributed by atoms with Gasteiger partial charge in [-0.2, -0.15) is 0 Å². The summed E-state index contributed by atoms with van der Waals surface area (Å²) < 4.78 is 25.7. The van der Waals surface area contributed by atoms with Crippen molar-refractivity contribution in [2.24, 2.45) is 17.6 Å². The number of urea groups is 1. The SMILES string of the molecule is CN(CCO[C@@H](c1cc(F)cc(Cl)c1)[C@@H]1CCCN(C(=O)NC[C@@H](N)C[C@H]2CCCOC2)C1)C(=O)O. The molecule has 4 atom stereocenters. The number of likely N-dealkylation sites (N-methyl/N-ethyl adjacent to an activating group) is 1. The van der Waals surface area contributed by atoms with Gasteiger partial charge in [0.2, 0.25) is 0 Å². The van der Waals surface area contributed by atoms with E-state index < -0.39 is 18.0 Å². The molecule has 4 N–H and O–H groups in total. The first kappa shape index (κ1) is 28.4. The van der Waals surface area contributed by atoms with Crippen LogP contribution in [0.2, 0.25) is 5.02 Å². The molecule has 1 aromatic rings. The third-order valence-electron chi connectivity index (χ3n) is 6.84. The number of carbonyl (C=O) groups excluding carboxylic acids is 1. The topological polar surface area (TPSA) is 117 Å². The van der Waals surface area contributed by atoms with Crippen molar-refractivity contribution in [3.8, 4) is 0 Å². The number of hydrogen-bond donors (Lipinski definition) is 3. The molecule has 0 saturated carbocycles. The molecule has 202 valence electrons. The summed E-state index contributed by atoms with van der Waals surface area (Å²) >= 11 is 6.10. The van der Waals surface area contributed by atoms with E-state index in [1.165, 1.54) is 19.2 Å². The van der Waals surface area contributed by atoms with E-state index >= 15 is 0 Å². The normalized spacial score (nSPS) is 22.1. The summed E-state index contributed by atoms with van der Waals surface area (Å²) in [5.41, 5.74) is 6.83. The second-order valence-corrected chi connectivity index (χ2v) is 10.2. The molecule has 1 aromatic carbocycles. The molecule has 3 rings (SSSR count). The number of piperidine rings is 1. The van der Waals surface area contributed by atoms with Crippen molar-refractivity contribution >= 4 is 23.7 Å². The van der Waals surface area contributed by atoms with Gasteiger partial charge in [0, 0.05) is 63.4 Å². The first-order valence-corrected chi connectivity index (χ1v) is 13.0. The average Bonchev–Trinajstić information content (AvgIpc) is 2.85. The van der Waals surface area contributed by atoms with E-state index in [-0.39, 0.29) is 36.2 Å². The largest absolute Gasteiger partial charge is 0.465 e. The van der Waals surface area contributed by atoms with Crippen LogP contribution < -0.4 is 11.1 Å². The zero-order valence-corrected chi connectivity index (χ0v) is 21.6. The highest BCUT2D eigenvalue weighted by Gasteiger charge is 2.32. The van der Waals surface area contributed by atoms with Crippen molar-refractivity contribution in [3.05, 3.63) is 34.6 Å². The minimum absolute atomic E-state index is 0.106. The van der Waals surface area contributed by atoms with Gasteiger partial charge in [0.15, 0.2) is 0 Å². The molecule has 0 unspecified atom stereocenters. The molecule has 0 aromatic heterocycles. The fraction of sp³-hybridized carbons (Fsp3) is 0.680. The molecule has 9 nitrogen and oxygen atoms in total. The van der Waals surface area contributed by atoms with Crippen LogP contribution in [0.3, 0.4) is 0 Å². The van der Waals surface area contributed by atoms with Crippen LogP contribution in [-0.2, 0) is 9.47 Å². The van der Waals surface area contributed by atoms with Crippen LogP contribution in [0.1, 0.15) is 43.8 Å². The van der Waals surface area contributed by atoms with Crippen LogP contribution in [-0.4, -0.2) is 86.1 Å². The highest BCUT2D eigenvalue weighted by molar-refractivity contribution is 6.30.